The first-order valence-electron chi connectivity index (χ1n) is 4.85. The summed E-state index contributed by atoms with van der Waals surface area (Å²) in [5.74, 6) is 0.672. The number of amides is 3. The summed E-state index contributed by atoms with van der Waals surface area (Å²) >= 11 is 1.41. The van der Waals surface area contributed by atoms with Crippen molar-refractivity contribution in [3.63, 3.8) is 0 Å². The van der Waals surface area contributed by atoms with E-state index in [2.05, 4.69) is 10.6 Å². The molecule has 0 aliphatic rings. The van der Waals surface area contributed by atoms with E-state index in [0.717, 1.165) is 0 Å². The minimum Gasteiger partial charge on any atom is -0.336 e. The highest BCUT2D eigenvalue weighted by Gasteiger charge is 2.08. The maximum absolute atomic E-state index is 11.2. The molecule has 0 rings (SSSR count). The van der Waals surface area contributed by atoms with E-state index in [4.69, 9.17) is 5.73 Å². The van der Waals surface area contributed by atoms with E-state index < -0.39 is 6.03 Å². The van der Waals surface area contributed by atoms with E-state index in [1.807, 2.05) is 20.8 Å². The summed E-state index contributed by atoms with van der Waals surface area (Å²) in [6.07, 6.45) is 0. The van der Waals surface area contributed by atoms with E-state index in [1.54, 1.807) is 0 Å². The van der Waals surface area contributed by atoms with Crippen LogP contribution in [0.15, 0.2) is 0 Å². The Bertz CT molecular complexity index is 219. The molecule has 0 aromatic heterocycles. The van der Waals surface area contributed by atoms with Crippen LogP contribution >= 0.6 is 11.8 Å². The molecule has 0 spiro atoms. The molecule has 0 heterocycles. The second kappa shape index (κ2) is 7.53. The predicted molar refractivity (Wildman–Crippen MR) is 62.8 cm³/mol. The molecular weight excluding hydrogens is 214 g/mol. The molecule has 88 valence electrons. The Balaban J connectivity index is 3.60. The lowest BCUT2D eigenvalue weighted by atomic mass is 10.4. The third kappa shape index (κ3) is 9.55. The number of rotatable bonds is 5. The van der Waals surface area contributed by atoms with Gasteiger partial charge in [0.1, 0.15) is 0 Å². The Hall–Kier alpha value is -0.750. The van der Waals surface area contributed by atoms with Gasteiger partial charge in [-0.15, -0.1) is 0 Å². The standard InChI is InChI=1S/C9H19N3O2S/c1-6(2)11-9(14)12-8(13)5-15-4-7(3)10/h6-7H,4-5,10H2,1-3H3,(H2,11,12,13,14). The van der Waals surface area contributed by atoms with Crippen LogP contribution in [0.1, 0.15) is 20.8 Å². The fourth-order valence-electron chi connectivity index (χ4n) is 0.799. The van der Waals surface area contributed by atoms with Gasteiger partial charge in [-0.25, -0.2) is 4.79 Å². The number of hydrogen-bond acceptors (Lipinski definition) is 4. The van der Waals surface area contributed by atoms with Gasteiger partial charge in [-0.05, 0) is 20.8 Å². The summed E-state index contributed by atoms with van der Waals surface area (Å²) in [4.78, 5) is 22.3. The Morgan fingerprint density at radius 1 is 1.33 bits per heavy atom. The van der Waals surface area contributed by atoms with Crippen molar-refractivity contribution in [2.24, 2.45) is 5.73 Å². The average Bonchev–Trinajstić information content (AvgIpc) is 2.00. The smallest absolute Gasteiger partial charge is 0.321 e. The number of nitrogens with two attached hydrogens (primary N) is 1. The molecular formula is C9H19N3O2S. The molecule has 0 bridgehead atoms. The highest BCUT2D eigenvalue weighted by molar-refractivity contribution is 8.00. The number of thioether (sulfide) groups is 1. The summed E-state index contributed by atoms with van der Waals surface area (Å²) in [7, 11) is 0. The van der Waals surface area contributed by atoms with Gasteiger partial charge in [0.25, 0.3) is 0 Å². The summed E-state index contributed by atoms with van der Waals surface area (Å²) in [6.45, 7) is 5.53. The SMILES string of the molecule is CC(N)CSCC(=O)NC(=O)NC(C)C. The van der Waals surface area contributed by atoms with Gasteiger partial charge in [0.15, 0.2) is 0 Å². The topological polar surface area (TPSA) is 84.2 Å². The molecule has 0 fully saturated rings. The van der Waals surface area contributed by atoms with Crippen molar-refractivity contribution in [3.8, 4) is 0 Å². The predicted octanol–water partition coefficient (Wildman–Crippen LogP) is 0.301. The molecule has 0 radical (unpaired) electrons. The molecule has 6 heteroatoms. The number of urea groups is 1. The second-order valence-corrected chi connectivity index (χ2v) is 4.70. The number of carbonyl (C=O) groups is 2. The molecule has 0 saturated heterocycles. The molecule has 0 saturated carbocycles. The van der Waals surface area contributed by atoms with E-state index in [0.29, 0.717) is 5.75 Å². The van der Waals surface area contributed by atoms with Crippen LogP contribution in [0.2, 0.25) is 0 Å². The second-order valence-electron chi connectivity index (χ2n) is 3.67. The monoisotopic (exact) mass is 233 g/mol. The minimum absolute atomic E-state index is 0.0227. The summed E-state index contributed by atoms with van der Waals surface area (Å²) in [6, 6.07) is -0.363. The number of nitrogens with one attached hydrogen (secondary N) is 2. The summed E-state index contributed by atoms with van der Waals surface area (Å²) in [5.41, 5.74) is 5.51. The van der Waals surface area contributed by atoms with Crippen molar-refractivity contribution in [2.75, 3.05) is 11.5 Å². The highest BCUT2D eigenvalue weighted by atomic mass is 32.2. The fraction of sp³-hybridized carbons (Fsp3) is 0.778. The zero-order chi connectivity index (χ0) is 11.8. The van der Waals surface area contributed by atoms with Crippen molar-refractivity contribution in [1.29, 1.82) is 0 Å². The minimum atomic E-state index is -0.448. The Labute approximate surface area is 94.5 Å². The zero-order valence-electron chi connectivity index (χ0n) is 9.37. The zero-order valence-corrected chi connectivity index (χ0v) is 10.2. The van der Waals surface area contributed by atoms with Gasteiger partial charge in [-0.3, -0.25) is 10.1 Å². The molecule has 0 aromatic rings. The number of hydrogen-bond donors (Lipinski definition) is 3. The van der Waals surface area contributed by atoms with Crippen molar-refractivity contribution in [2.45, 2.75) is 32.9 Å². The van der Waals surface area contributed by atoms with Crippen LogP contribution in [-0.4, -0.2) is 35.5 Å². The van der Waals surface area contributed by atoms with Crippen molar-refractivity contribution < 1.29 is 9.59 Å². The molecule has 3 amide bonds. The van der Waals surface area contributed by atoms with Gasteiger partial charge in [-0.2, -0.15) is 11.8 Å². The van der Waals surface area contributed by atoms with Gasteiger partial charge >= 0.3 is 6.03 Å². The van der Waals surface area contributed by atoms with Crippen LogP contribution < -0.4 is 16.4 Å². The average molecular weight is 233 g/mol. The third-order valence-electron chi connectivity index (χ3n) is 1.29. The largest absolute Gasteiger partial charge is 0.336 e. The maximum atomic E-state index is 11.2. The molecule has 0 aliphatic heterocycles. The van der Waals surface area contributed by atoms with Gasteiger partial charge in [0, 0.05) is 17.8 Å². The normalized spacial score (nSPS) is 12.3. The molecule has 15 heavy (non-hydrogen) atoms. The van der Waals surface area contributed by atoms with E-state index >= 15 is 0 Å². The molecule has 1 unspecified atom stereocenters. The molecule has 4 N–H and O–H groups in total. The van der Waals surface area contributed by atoms with Crippen LogP contribution in [0.5, 0.6) is 0 Å². The number of carbonyl (C=O) groups excluding carboxylic acids is 2. The van der Waals surface area contributed by atoms with Crippen molar-refractivity contribution >= 4 is 23.7 Å². The highest BCUT2D eigenvalue weighted by Crippen LogP contribution is 2.00. The van der Waals surface area contributed by atoms with Gasteiger partial charge in [0.2, 0.25) is 5.91 Å². The lowest BCUT2D eigenvalue weighted by Crippen LogP contribution is -2.43. The van der Waals surface area contributed by atoms with Crippen LogP contribution in [0.4, 0.5) is 4.79 Å². The summed E-state index contributed by atoms with van der Waals surface area (Å²) < 4.78 is 0. The Morgan fingerprint density at radius 3 is 2.40 bits per heavy atom. The number of imide groups is 1. The van der Waals surface area contributed by atoms with Gasteiger partial charge in [-0.1, -0.05) is 0 Å². The molecule has 1 atom stereocenters. The van der Waals surface area contributed by atoms with Crippen molar-refractivity contribution in [3.05, 3.63) is 0 Å². The summed E-state index contributed by atoms with van der Waals surface area (Å²) in [5, 5.41) is 4.80. The first kappa shape index (κ1) is 14.2. The van der Waals surface area contributed by atoms with Gasteiger partial charge in [0.05, 0.1) is 5.75 Å². The van der Waals surface area contributed by atoms with Crippen LogP contribution in [0, 0.1) is 0 Å². The lowest BCUT2D eigenvalue weighted by molar-refractivity contribution is -0.117. The first-order chi connectivity index (χ1) is 6.91. The van der Waals surface area contributed by atoms with Gasteiger partial charge < -0.3 is 11.1 Å². The Kier molecular flexibility index (Phi) is 7.15. The molecule has 0 aliphatic carbocycles. The van der Waals surface area contributed by atoms with Crippen molar-refractivity contribution in [1.82, 2.24) is 10.6 Å². The molecule has 5 nitrogen and oxygen atoms in total. The lowest BCUT2D eigenvalue weighted by Gasteiger charge is -2.09. The Morgan fingerprint density at radius 2 is 1.93 bits per heavy atom. The van der Waals surface area contributed by atoms with Crippen LogP contribution in [0.3, 0.4) is 0 Å². The third-order valence-corrected chi connectivity index (χ3v) is 2.51. The van der Waals surface area contributed by atoms with E-state index in [-0.39, 0.29) is 23.7 Å². The molecule has 0 aromatic carbocycles. The van der Waals surface area contributed by atoms with E-state index in [1.165, 1.54) is 11.8 Å². The van der Waals surface area contributed by atoms with E-state index in [9.17, 15) is 9.59 Å². The maximum Gasteiger partial charge on any atom is 0.321 e. The van der Waals surface area contributed by atoms with Crippen LogP contribution in [-0.2, 0) is 4.79 Å². The fourth-order valence-corrected chi connectivity index (χ4v) is 1.55. The first-order valence-corrected chi connectivity index (χ1v) is 6.01. The van der Waals surface area contributed by atoms with Crippen LogP contribution in [0.25, 0.3) is 0 Å². The quantitative estimate of drug-likeness (QED) is 0.637.